The third kappa shape index (κ3) is 2.51. The maximum atomic E-state index is 11.6. The van der Waals surface area contributed by atoms with Gasteiger partial charge in [-0.1, -0.05) is 34.5 Å². The number of hydrogen-bond acceptors (Lipinski definition) is 5. The third-order valence-corrected chi connectivity index (χ3v) is 5.07. The number of aromatic nitrogens is 2. The van der Waals surface area contributed by atoms with E-state index in [2.05, 4.69) is 47.5 Å². The lowest BCUT2D eigenvalue weighted by molar-refractivity contribution is -0.131. The van der Waals surface area contributed by atoms with Crippen LogP contribution in [0.5, 0.6) is 0 Å². The van der Waals surface area contributed by atoms with Gasteiger partial charge in [0.2, 0.25) is 11.8 Å². The monoisotopic (exact) mass is 326 g/mol. The van der Waals surface area contributed by atoms with E-state index in [4.69, 9.17) is 4.52 Å². The van der Waals surface area contributed by atoms with Crippen LogP contribution < -0.4 is 5.32 Å². The second-order valence-corrected chi connectivity index (χ2v) is 7.12. The first-order valence-electron chi connectivity index (χ1n) is 8.38. The fourth-order valence-electron chi connectivity index (χ4n) is 3.54. The van der Waals surface area contributed by atoms with Crippen molar-refractivity contribution in [1.29, 1.82) is 0 Å². The molecular weight excluding hydrogens is 304 g/mol. The average Bonchev–Trinajstić information content (AvgIpc) is 3.20. The lowest BCUT2D eigenvalue weighted by atomic mass is 9.92. The summed E-state index contributed by atoms with van der Waals surface area (Å²) in [5.41, 5.74) is 3.69. The molecule has 1 amide bonds. The third-order valence-electron chi connectivity index (χ3n) is 5.07. The van der Waals surface area contributed by atoms with E-state index in [0.29, 0.717) is 19.0 Å². The van der Waals surface area contributed by atoms with Gasteiger partial charge in [-0.3, -0.25) is 10.1 Å². The van der Waals surface area contributed by atoms with Gasteiger partial charge in [-0.2, -0.15) is 4.98 Å². The van der Waals surface area contributed by atoms with Crippen molar-refractivity contribution in [3.05, 3.63) is 46.6 Å². The number of hydrogen-bond donors (Lipinski definition) is 1. The fraction of sp³-hybridized carbons (Fsp3) is 0.500. The van der Waals surface area contributed by atoms with Crippen molar-refractivity contribution in [2.24, 2.45) is 0 Å². The van der Waals surface area contributed by atoms with Crippen molar-refractivity contribution in [3.63, 3.8) is 0 Å². The molecule has 2 fully saturated rings. The number of piperazine rings is 1. The van der Waals surface area contributed by atoms with E-state index in [-0.39, 0.29) is 17.4 Å². The predicted octanol–water partition coefficient (Wildman–Crippen LogP) is 1.87. The zero-order chi connectivity index (χ0) is 16.9. The van der Waals surface area contributed by atoms with Crippen LogP contribution in [0.25, 0.3) is 0 Å². The quantitative estimate of drug-likeness (QED) is 0.932. The van der Waals surface area contributed by atoms with Gasteiger partial charge in [0.15, 0.2) is 5.82 Å². The molecule has 2 aromatic rings. The van der Waals surface area contributed by atoms with E-state index in [1.807, 2.05) is 0 Å². The van der Waals surface area contributed by atoms with Gasteiger partial charge in [-0.15, -0.1) is 0 Å². The van der Waals surface area contributed by atoms with Crippen LogP contribution in [0, 0.1) is 13.8 Å². The number of nitrogens with one attached hydrogen (secondary N) is 1. The van der Waals surface area contributed by atoms with Crippen molar-refractivity contribution in [2.75, 3.05) is 20.1 Å². The first-order valence-corrected chi connectivity index (χ1v) is 8.38. The predicted molar refractivity (Wildman–Crippen MR) is 88.6 cm³/mol. The summed E-state index contributed by atoms with van der Waals surface area (Å²) in [6.07, 6.45) is 2.09. The molecule has 1 aromatic carbocycles. The Morgan fingerprint density at radius 1 is 1.25 bits per heavy atom. The van der Waals surface area contributed by atoms with E-state index in [1.54, 1.807) is 11.9 Å². The number of aryl methyl sites for hydroxylation is 2. The van der Waals surface area contributed by atoms with Crippen LogP contribution in [0.15, 0.2) is 22.7 Å². The lowest BCUT2D eigenvalue weighted by Gasteiger charge is -2.28. The van der Waals surface area contributed by atoms with Crippen molar-refractivity contribution in [1.82, 2.24) is 20.4 Å². The summed E-state index contributed by atoms with van der Waals surface area (Å²) >= 11 is 0. The van der Waals surface area contributed by atoms with Crippen molar-refractivity contribution >= 4 is 5.91 Å². The molecule has 1 saturated carbocycles. The van der Waals surface area contributed by atoms with Crippen LogP contribution in [-0.2, 0) is 10.2 Å². The summed E-state index contributed by atoms with van der Waals surface area (Å²) in [4.78, 5) is 18.0. The lowest BCUT2D eigenvalue weighted by Crippen LogP contribution is -2.47. The first-order chi connectivity index (χ1) is 11.5. The summed E-state index contributed by atoms with van der Waals surface area (Å²) < 4.78 is 5.53. The molecule has 0 bridgehead atoms. The number of likely N-dealkylation sites (N-methyl/N-ethyl adjacent to an activating group) is 1. The summed E-state index contributed by atoms with van der Waals surface area (Å²) in [6, 6.07) is 6.53. The number of carbonyl (C=O) groups excluding carboxylic acids is 1. The molecule has 6 heteroatoms. The van der Waals surface area contributed by atoms with Gasteiger partial charge < -0.3 is 9.42 Å². The molecule has 24 heavy (non-hydrogen) atoms. The van der Waals surface area contributed by atoms with Gasteiger partial charge in [-0.05, 0) is 32.3 Å². The van der Waals surface area contributed by atoms with Crippen molar-refractivity contribution in [3.8, 4) is 0 Å². The van der Waals surface area contributed by atoms with E-state index < -0.39 is 0 Å². The standard InChI is InChI=1S/C18H22N4O2/c1-11-6-12(2)8-13(7-11)18(4-5-18)17-20-16(24-21-17)14-10-22(3)15(23)9-19-14/h6-8,14,19H,4-5,9-10H2,1-3H3. The zero-order valence-corrected chi connectivity index (χ0v) is 14.3. The number of carbonyl (C=O) groups is 1. The van der Waals surface area contributed by atoms with Crippen LogP contribution in [0.3, 0.4) is 0 Å². The summed E-state index contributed by atoms with van der Waals surface area (Å²) in [5, 5.41) is 7.45. The van der Waals surface area contributed by atoms with E-state index in [0.717, 1.165) is 18.7 Å². The highest BCUT2D eigenvalue weighted by molar-refractivity contribution is 5.78. The largest absolute Gasteiger partial charge is 0.343 e. The number of amides is 1. The smallest absolute Gasteiger partial charge is 0.245 e. The van der Waals surface area contributed by atoms with Crippen molar-refractivity contribution < 1.29 is 9.32 Å². The Morgan fingerprint density at radius 2 is 1.96 bits per heavy atom. The molecule has 4 rings (SSSR count). The SMILES string of the molecule is Cc1cc(C)cc(C2(c3noc(C4CN(C)C(=O)CN4)n3)CC2)c1. The highest BCUT2D eigenvalue weighted by atomic mass is 16.5. The van der Waals surface area contributed by atoms with Gasteiger partial charge in [-0.25, -0.2) is 0 Å². The molecule has 1 atom stereocenters. The van der Waals surface area contributed by atoms with Crippen LogP contribution >= 0.6 is 0 Å². The van der Waals surface area contributed by atoms with Crippen molar-refractivity contribution in [2.45, 2.75) is 38.1 Å². The minimum Gasteiger partial charge on any atom is -0.343 e. The Hall–Kier alpha value is -2.21. The fourth-order valence-corrected chi connectivity index (χ4v) is 3.54. The maximum Gasteiger partial charge on any atom is 0.245 e. The molecule has 2 aliphatic rings. The number of benzene rings is 1. The molecule has 1 aromatic heterocycles. The van der Waals surface area contributed by atoms with Gasteiger partial charge in [0, 0.05) is 13.6 Å². The van der Waals surface area contributed by atoms with Crippen LogP contribution in [0.4, 0.5) is 0 Å². The Kier molecular flexibility index (Phi) is 3.46. The first kappa shape index (κ1) is 15.3. The molecule has 6 nitrogen and oxygen atoms in total. The summed E-state index contributed by atoms with van der Waals surface area (Å²) in [6.45, 7) is 5.10. The summed E-state index contributed by atoms with van der Waals surface area (Å²) in [5.74, 6) is 1.42. The molecule has 1 N–H and O–H groups in total. The molecule has 1 aliphatic heterocycles. The molecule has 0 spiro atoms. The number of rotatable bonds is 3. The molecule has 1 saturated heterocycles. The van der Waals surface area contributed by atoms with E-state index >= 15 is 0 Å². The Morgan fingerprint density at radius 3 is 2.58 bits per heavy atom. The Bertz CT molecular complexity index is 774. The average molecular weight is 326 g/mol. The molecular formula is C18H22N4O2. The molecule has 0 radical (unpaired) electrons. The molecule has 1 unspecified atom stereocenters. The van der Waals surface area contributed by atoms with Gasteiger partial charge in [0.25, 0.3) is 0 Å². The normalized spacial score (nSPS) is 22.7. The highest BCUT2D eigenvalue weighted by Gasteiger charge is 2.50. The maximum absolute atomic E-state index is 11.6. The highest BCUT2D eigenvalue weighted by Crippen LogP contribution is 2.52. The topological polar surface area (TPSA) is 71.3 Å². The van der Waals surface area contributed by atoms with Crippen LogP contribution in [0.2, 0.25) is 0 Å². The van der Waals surface area contributed by atoms with Crippen LogP contribution in [0.1, 0.15) is 47.3 Å². The van der Waals surface area contributed by atoms with E-state index in [9.17, 15) is 4.79 Å². The van der Waals surface area contributed by atoms with Gasteiger partial charge in [0.05, 0.1) is 12.0 Å². The zero-order valence-electron chi connectivity index (χ0n) is 14.3. The summed E-state index contributed by atoms with van der Waals surface area (Å²) in [7, 11) is 1.80. The van der Waals surface area contributed by atoms with Crippen LogP contribution in [-0.4, -0.2) is 41.1 Å². The van der Waals surface area contributed by atoms with Gasteiger partial charge >= 0.3 is 0 Å². The second-order valence-electron chi connectivity index (χ2n) is 7.12. The molecule has 1 aliphatic carbocycles. The Balaban J connectivity index is 1.62. The van der Waals surface area contributed by atoms with E-state index in [1.165, 1.54) is 16.7 Å². The minimum absolute atomic E-state index is 0.0832. The molecule has 126 valence electrons. The minimum atomic E-state index is -0.102. The molecule has 2 heterocycles. The Labute approximate surface area is 141 Å². The van der Waals surface area contributed by atoms with Gasteiger partial charge in [0.1, 0.15) is 6.04 Å². The number of nitrogens with zero attached hydrogens (tertiary/aromatic N) is 3. The second kappa shape index (κ2) is 5.41.